The third kappa shape index (κ3) is 4.72. The van der Waals surface area contributed by atoms with E-state index in [4.69, 9.17) is 27.6 Å². The van der Waals surface area contributed by atoms with E-state index in [0.29, 0.717) is 43.7 Å². The van der Waals surface area contributed by atoms with Crippen LogP contribution in [0.15, 0.2) is 51.7 Å². The molecule has 0 bridgehead atoms. The summed E-state index contributed by atoms with van der Waals surface area (Å²) in [5.41, 5.74) is 0.950. The first-order valence-corrected chi connectivity index (χ1v) is 13.1. The van der Waals surface area contributed by atoms with Gasteiger partial charge in [-0.05, 0) is 56.2 Å². The molecule has 2 aromatic carbocycles. The molecule has 202 valence electrons. The van der Waals surface area contributed by atoms with E-state index in [1.807, 2.05) is 0 Å². The Bertz CT molecular complexity index is 1660. The van der Waals surface area contributed by atoms with Gasteiger partial charge in [0.2, 0.25) is 5.91 Å². The summed E-state index contributed by atoms with van der Waals surface area (Å²) in [6, 6.07) is 10.6. The highest BCUT2D eigenvalue weighted by atomic mass is 35.5. The zero-order chi connectivity index (χ0) is 27.5. The fourth-order valence-corrected chi connectivity index (χ4v) is 5.32. The summed E-state index contributed by atoms with van der Waals surface area (Å²) in [5.74, 6) is 0.0950. The van der Waals surface area contributed by atoms with Gasteiger partial charge in [-0.15, -0.1) is 8.78 Å². The van der Waals surface area contributed by atoms with Crippen molar-refractivity contribution in [3.05, 3.63) is 68.6 Å². The van der Waals surface area contributed by atoms with Crippen molar-refractivity contribution in [3.63, 3.8) is 0 Å². The van der Waals surface area contributed by atoms with Crippen LogP contribution in [0.2, 0.25) is 10.0 Å². The molecule has 0 atom stereocenters. The number of rotatable bonds is 6. The Morgan fingerprint density at radius 3 is 2.49 bits per heavy atom. The Labute approximate surface area is 230 Å². The molecule has 6 rings (SSSR count). The highest BCUT2D eigenvalue weighted by Gasteiger charge is 2.43. The second kappa shape index (κ2) is 9.53. The number of hydrogen-bond donors (Lipinski definition) is 0. The number of ether oxygens (including phenoxy) is 2. The van der Waals surface area contributed by atoms with Crippen molar-refractivity contribution >= 4 is 45.8 Å². The number of fused-ring (bicyclic) bond motifs is 2. The second-order valence-electron chi connectivity index (χ2n) is 9.43. The van der Waals surface area contributed by atoms with Crippen LogP contribution in [0.1, 0.15) is 37.9 Å². The molecule has 0 N–H and O–H groups in total. The highest BCUT2D eigenvalue weighted by Crippen LogP contribution is 2.43. The molecule has 0 unspecified atom stereocenters. The van der Waals surface area contributed by atoms with Crippen LogP contribution in [0.5, 0.6) is 11.5 Å². The van der Waals surface area contributed by atoms with Gasteiger partial charge in [-0.25, -0.2) is 4.68 Å². The summed E-state index contributed by atoms with van der Waals surface area (Å²) in [4.78, 5) is 28.3. The molecule has 0 spiro atoms. The lowest BCUT2D eigenvalue weighted by Gasteiger charge is -2.22. The van der Waals surface area contributed by atoms with E-state index in [0.717, 1.165) is 23.9 Å². The van der Waals surface area contributed by atoms with Crippen LogP contribution in [-0.2, 0) is 11.3 Å². The Kier molecular flexibility index (Phi) is 6.27. The van der Waals surface area contributed by atoms with Crippen LogP contribution in [0.25, 0.3) is 22.2 Å². The van der Waals surface area contributed by atoms with Crippen molar-refractivity contribution in [2.24, 2.45) is 0 Å². The maximum atomic E-state index is 13.5. The number of amides is 1. The van der Waals surface area contributed by atoms with E-state index in [-0.39, 0.29) is 24.0 Å². The van der Waals surface area contributed by atoms with Crippen molar-refractivity contribution in [3.8, 4) is 22.8 Å². The van der Waals surface area contributed by atoms with Crippen molar-refractivity contribution in [1.29, 1.82) is 0 Å². The highest BCUT2D eigenvalue weighted by molar-refractivity contribution is 6.35. The molecular formula is C27H21Cl2F2N3O5. The summed E-state index contributed by atoms with van der Waals surface area (Å²) in [5, 5.41) is 5.53. The van der Waals surface area contributed by atoms with Gasteiger partial charge in [-0.1, -0.05) is 29.6 Å². The molecule has 1 fully saturated rings. The first kappa shape index (κ1) is 25.6. The zero-order valence-corrected chi connectivity index (χ0v) is 22.1. The maximum absolute atomic E-state index is 13.5. The summed E-state index contributed by atoms with van der Waals surface area (Å²) in [6.45, 7) is 1.50. The van der Waals surface area contributed by atoms with Gasteiger partial charge in [0.05, 0.1) is 5.39 Å². The number of anilines is 1. The lowest BCUT2D eigenvalue weighted by molar-refractivity contribution is -0.286. The van der Waals surface area contributed by atoms with Crippen molar-refractivity contribution in [1.82, 2.24) is 9.78 Å². The average Bonchev–Trinajstić information content (AvgIpc) is 3.39. The van der Waals surface area contributed by atoms with Gasteiger partial charge in [0.15, 0.2) is 17.1 Å². The van der Waals surface area contributed by atoms with Gasteiger partial charge in [0.1, 0.15) is 18.0 Å². The molecule has 1 saturated carbocycles. The lowest BCUT2D eigenvalue weighted by atomic mass is 9.83. The first-order chi connectivity index (χ1) is 18.6. The number of carbonyl (C=O) groups is 1. The van der Waals surface area contributed by atoms with E-state index < -0.39 is 24.3 Å². The summed E-state index contributed by atoms with van der Waals surface area (Å²) in [6.07, 6.45) is -0.770. The van der Waals surface area contributed by atoms with Crippen molar-refractivity contribution in [2.75, 3.05) is 11.4 Å². The van der Waals surface area contributed by atoms with E-state index in [1.165, 1.54) is 23.1 Å². The maximum Gasteiger partial charge on any atom is 0.586 e. The Morgan fingerprint density at radius 1 is 1.10 bits per heavy atom. The fourth-order valence-electron chi connectivity index (χ4n) is 4.80. The third-order valence-electron chi connectivity index (χ3n) is 6.89. The van der Waals surface area contributed by atoms with E-state index in [2.05, 4.69) is 14.6 Å². The van der Waals surface area contributed by atoms with Crippen LogP contribution in [0.4, 0.5) is 14.5 Å². The second-order valence-corrected chi connectivity index (χ2v) is 10.3. The molecule has 4 aromatic rings. The van der Waals surface area contributed by atoms with Crippen LogP contribution in [0.3, 0.4) is 0 Å². The van der Waals surface area contributed by atoms with Gasteiger partial charge in [-0.3, -0.25) is 9.59 Å². The number of carbonyl (C=O) groups excluding carboxylic acids is 1. The third-order valence-corrected chi connectivity index (χ3v) is 7.33. The van der Waals surface area contributed by atoms with Gasteiger partial charge in [-0.2, -0.15) is 5.10 Å². The van der Waals surface area contributed by atoms with Crippen molar-refractivity contribution in [2.45, 2.75) is 44.9 Å². The SMILES string of the molecule is CCN(C(=O)Cn1nc(-c2cc(Cl)cc(Cl)c2)c2oc(C3CCC3)cc2c1=O)c1ccc2c(c1)OC(F)(F)O2. The monoisotopic (exact) mass is 575 g/mol. The molecule has 0 saturated heterocycles. The first-order valence-electron chi connectivity index (χ1n) is 12.3. The number of furan rings is 1. The minimum absolute atomic E-state index is 0.136. The average molecular weight is 576 g/mol. The predicted molar refractivity (Wildman–Crippen MR) is 141 cm³/mol. The lowest BCUT2D eigenvalue weighted by Crippen LogP contribution is -2.37. The smallest absolute Gasteiger partial charge is 0.458 e. The number of likely N-dealkylation sites (N-methyl/N-ethyl adjacent to an activating group) is 1. The minimum Gasteiger partial charge on any atom is -0.458 e. The summed E-state index contributed by atoms with van der Waals surface area (Å²) < 4.78 is 43.1. The molecule has 1 amide bonds. The standard InChI is InChI=1S/C27H21Cl2F2N3O5/c1-2-33(18-6-7-20-22(11-18)39-27(30,31)38-20)23(35)13-34-26(36)19-12-21(14-4-3-5-14)37-25(19)24(32-34)15-8-16(28)10-17(29)9-15/h6-12,14H,2-5,13H2,1H3. The zero-order valence-electron chi connectivity index (χ0n) is 20.5. The molecular weight excluding hydrogens is 555 g/mol. The topological polar surface area (TPSA) is 86.8 Å². The Balaban J connectivity index is 1.40. The molecule has 2 aliphatic rings. The minimum atomic E-state index is -3.78. The molecule has 8 nitrogen and oxygen atoms in total. The summed E-state index contributed by atoms with van der Waals surface area (Å²) >= 11 is 12.5. The number of halogens is 4. The molecule has 2 aromatic heterocycles. The van der Waals surface area contributed by atoms with Crippen LogP contribution < -0.4 is 19.9 Å². The van der Waals surface area contributed by atoms with Crippen LogP contribution >= 0.6 is 23.2 Å². The molecule has 39 heavy (non-hydrogen) atoms. The van der Waals surface area contributed by atoms with Crippen LogP contribution in [0, 0.1) is 0 Å². The molecule has 3 heterocycles. The summed E-state index contributed by atoms with van der Waals surface area (Å²) in [7, 11) is 0. The molecule has 1 aliphatic heterocycles. The van der Waals surface area contributed by atoms with Gasteiger partial charge >= 0.3 is 6.29 Å². The number of nitrogens with zero attached hydrogens (tertiary/aromatic N) is 3. The van der Waals surface area contributed by atoms with E-state index in [1.54, 1.807) is 31.2 Å². The van der Waals surface area contributed by atoms with E-state index >= 15 is 0 Å². The van der Waals surface area contributed by atoms with Gasteiger partial charge < -0.3 is 18.8 Å². The normalized spacial score (nSPS) is 15.9. The number of benzene rings is 2. The largest absolute Gasteiger partial charge is 0.586 e. The van der Waals surface area contributed by atoms with Crippen LogP contribution in [-0.4, -0.2) is 28.5 Å². The molecule has 1 aliphatic carbocycles. The number of alkyl halides is 2. The molecule has 12 heteroatoms. The number of aromatic nitrogens is 2. The molecule has 0 radical (unpaired) electrons. The van der Waals surface area contributed by atoms with Crippen molar-refractivity contribution < 1.29 is 27.5 Å². The van der Waals surface area contributed by atoms with Gasteiger partial charge in [0, 0.05) is 39.8 Å². The van der Waals surface area contributed by atoms with Gasteiger partial charge in [0.25, 0.3) is 5.56 Å². The number of hydrogen-bond acceptors (Lipinski definition) is 6. The fraction of sp³-hybridized carbons (Fsp3) is 0.296. The Hall–Kier alpha value is -3.63. The quantitative estimate of drug-likeness (QED) is 0.257. The van der Waals surface area contributed by atoms with E-state index in [9.17, 15) is 18.4 Å². The Morgan fingerprint density at radius 2 is 1.82 bits per heavy atom. The predicted octanol–water partition coefficient (Wildman–Crippen LogP) is 6.61.